The van der Waals surface area contributed by atoms with E-state index in [0.717, 1.165) is 17.9 Å². The molecule has 1 aromatic heterocycles. The number of anilines is 1. The quantitative estimate of drug-likeness (QED) is 0.886. The number of rotatable bonds is 5. The number of aryl methyl sites for hydroxylation is 1. The number of hydrogen-bond donors (Lipinski definition) is 2. The van der Waals surface area contributed by atoms with E-state index in [1.54, 1.807) is 18.3 Å². The summed E-state index contributed by atoms with van der Waals surface area (Å²) in [5, 5.41) is 6.41. The van der Waals surface area contributed by atoms with Gasteiger partial charge in [-0.1, -0.05) is 12.1 Å². The van der Waals surface area contributed by atoms with Crippen LogP contribution in [0.15, 0.2) is 42.6 Å². The summed E-state index contributed by atoms with van der Waals surface area (Å²) in [6.07, 6.45) is 4.20. The molecule has 0 atom stereocenters. The summed E-state index contributed by atoms with van der Waals surface area (Å²) in [5.74, 6) is -0.104. The minimum atomic E-state index is -0.104. The van der Waals surface area contributed by atoms with Gasteiger partial charge in [0.05, 0.1) is 0 Å². The zero-order chi connectivity index (χ0) is 14.7. The molecule has 1 aliphatic carbocycles. The lowest BCUT2D eigenvalue weighted by atomic mass is 10.1. The van der Waals surface area contributed by atoms with Crippen LogP contribution in [0, 0.1) is 6.92 Å². The van der Waals surface area contributed by atoms with Crippen LogP contribution in [0.25, 0.3) is 0 Å². The summed E-state index contributed by atoms with van der Waals surface area (Å²) in [5.41, 5.74) is 3.48. The fraction of sp³-hybridized carbons (Fsp3) is 0.294. The Balaban J connectivity index is 1.66. The smallest absolute Gasteiger partial charge is 0.255 e. The molecule has 1 saturated carbocycles. The maximum absolute atomic E-state index is 12.2. The average Bonchev–Trinajstić information content (AvgIpc) is 3.30. The van der Waals surface area contributed by atoms with Crippen LogP contribution in [-0.2, 0) is 6.54 Å². The van der Waals surface area contributed by atoms with Crippen molar-refractivity contribution in [1.29, 1.82) is 0 Å². The molecule has 1 aliphatic rings. The molecule has 2 N–H and O–H groups in total. The molecular formula is C17H19N3O. The second kappa shape index (κ2) is 6.06. The van der Waals surface area contributed by atoms with Gasteiger partial charge in [0, 0.05) is 35.7 Å². The van der Waals surface area contributed by atoms with Crippen molar-refractivity contribution in [1.82, 2.24) is 10.3 Å². The van der Waals surface area contributed by atoms with Gasteiger partial charge in [0.15, 0.2) is 0 Å². The monoisotopic (exact) mass is 281 g/mol. The Morgan fingerprint density at radius 3 is 2.90 bits per heavy atom. The summed E-state index contributed by atoms with van der Waals surface area (Å²) >= 11 is 0. The molecule has 4 nitrogen and oxygen atoms in total. The zero-order valence-electron chi connectivity index (χ0n) is 12.1. The van der Waals surface area contributed by atoms with E-state index in [1.807, 2.05) is 25.1 Å². The summed E-state index contributed by atoms with van der Waals surface area (Å²) in [6.45, 7) is 2.73. The molecule has 21 heavy (non-hydrogen) atoms. The Labute approximate surface area is 124 Å². The lowest BCUT2D eigenvalue weighted by molar-refractivity contribution is 0.102. The highest BCUT2D eigenvalue weighted by Gasteiger charge is 2.19. The number of benzene rings is 1. The second-order valence-electron chi connectivity index (χ2n) is 5.50. The maximum atomic E-state index is 12.2. The standard InChI is InChI=1S/C17H19N3O/c1-12-9-14(7-8-18-12)17(21)20-16-4-2-3-13(10-16)11-19-15-5-6-15/h2-4,7-10,15,19H,5-6,11H2,1H3,(H,20,21). The Bertz CT molecular complexity index is 650. The van der Waals surface area contributed by atoms with E-state index in [4.69, 9.17) is 0 Å². The maximum Gasteiger partial charge on any atom is 0.255 e. The molecule has 1 aromatic carbocycles. The van der Waals surface area contributed by atoms with Gasteiger partial charge in [0.25, 0.3) is 5.91 Å². The van der Waals surface area contributed by atoms with Crippen LogP contribution in [0.3, 0.4) is 0 Å². The molecule has 1 heterocycles. The highest BCUT2D eigenvalue weighted by Crippen LogP contribution is 2.20. The van der Waals surface area contributed by atoms with Crippen molar-refractivity contribution in [2.45, 2.75) is 32.4 Å². The Morgan fingerprint density at radius 2 is 2.14 bits per heavy atom. The summed E-state index contributed by atoms with van der Waals surface area (Å²) in [6, 6.07) is 12.2. The minimum Gasteiger partial charge on any atom is -0.322 e. The van der Waals surface area contributed by atoms with Gasteiger partial charge in [-0.05, 0) is 49.6 Å². The number of pyridine rings is 1. The van der Waals surface area contributed by atoms with Gasteiger partial charge < -0.3 is 10.6 Å². The summed E-state index contributed by atoms with van der Waals surface area (Å²) in [7, 11) is 0. The van der Waals surface area contributed by atoms with Crippen molar-refractivity contribution >= 4 is 11.6 Å². The van der Waals surface area contributed by atoms with E-state index in [2.05, 4.69) is 21.7 Å². The first kappa shape index (κ1) is 13.8. The number of hydrogen-bond acceptors (Lipinski definition) is 3. The SMILES string of the molecule is Cc1cc(C(=O)Nc2cccc(CNC3CC3)c2)ccn1. The van der Waals surface area contributed by atoms with E-state index < -0.39 is 0 Å². The van der Waals surface area contributed by atoms with Gasteiger partial charge in [-0.15, -0.1) is 0 Å². The van der Waals surface area contributed by atoms with Gasteiger partial charge in [-0.3, -0.25) is 9.78 Å². The molecule has 2 aromatic rings. The molecule has 3 rings (SSSR count). The highest BCUT2D eigenvalue weighted by atomic mass is 16.1. The normalized spacial score (nSPS) is 14.0. The average molecular weight is 281 g/mol. The van der Waals surface area contributed by atoms with Gasteiger partial charge in [-0.25, -0.2) is 0 Å². The molecule has 0 spiro atoms. The molecular weight excluding hydrogens is 262 g/mol. The van der Waals surface area contributed by atoms with Crippen LogP contribution in [-0.4, -0.2) is 16.9 Å². The largest absolute Gasteiger partial charge is 0.322 e. The summed E-state index contributed by atoms with van der Waals surface area (Å²) < 4.78 is 0. The second-order valence-corrected chi connectivity index (χ2v) is 5.50. The summed E-state index contributed by atoms with van der Waals surface area (Å²) in [4.78, 5) is 16.3. The number of nitrogens with one attached hydrogen (secondary N) is 2. The molecule has 0 aliphatic heterocycles. The van der Waals surface area contributed by atoms with Gasteiger partial charge >= 0.3 is 0 Å². The zero-order valence-corrected chi connectivity index (χ0v) is 12.1. The van der Waals surface area contributed by atoms with Gasteiger partial charge in [-0.2, -0.15) is 0 Å². The molecule has 1 amide bonds. The van der Waals surface area contributed by atoms with E-state index >= 15 is 0 Å². The molecule has 0 unspecified atom stereocenters. The lowest BCUT2D eigenvalue weighted by Crippen LogP contribution is -2.16. The van der Waals surface area contributed by atoms with E-state index in [9.17, 15) is 4.79 Å². The molecule has 0 bridgehead atoms. The van der Waals surface area contributed by atoms with Gasteiger partial charge in [0.2, 0.25) is 0 Å². The first-order valence-electron chi connectivity index (χ1n) is 7.27. The predicted molar refractivity (Wildman–Crippen MR) is 83.2 cm³/mol. The fourth-order valence-corrected chi connectivity index (χ4v) is 2.20. The van der Waals surface area contributed by atoms with Crippen molar-refractivity contribution < 1.29 is 4.79 Å². The third-order valence-electron chi connectivity index (χ3n) is 3.52. The first-order valence-corrected chi connectivity index (χ1v) is 7.27. The van der Waals surface area contributed by atoms with Crippen LogP contribution < -0.4 is 10.6 Å². The third-order valence-corrected chi connectivity index (χ3v) is 3.52. The van der Waals surface area contributed by atoms with E-state index in [1.165, 1.54) is 18.4 Å². The van der Waals surface area contributed by atoms with Crippen LogP contribution in [0.4, 0.5) is 5.69 Å². The number of aromatic nitrogens is 1. The molecule has 108 valence electrons. The first-order chi connectivity index (χ1) is 10.2. The van der Waals surface area contributed by atoms with Crippen LogP contribution in [0.5, 0.6) is 0 Å². The third kappa shape index (κ3) is 3.89. The van der Waals surface area contributed by atoms with Crippen molar-refractivity contribution in [3.8, 4) is 0 Å². The van der Waals surface area contributed by atoms with Crippen molar-refractivity contribution in [3.63, 3.8) is 0 Å². The van der Waals surface area contributed by atoms with Crippen LogP contribution >= 0.6 is 0 Å². The van der Waals surface area contributed by atoms with Crippen molar-refractivity contribution in [2.75, 3.05) is 5.32 Å². The number of carbonyl (C=O) groups is 1. The molecule has 1 fully saturated rings. The Hall–Kier alpha value is -2.20. The topological polar surface area (TPSA) is 54.0 Å². The molecule has 0 saturated heterocycles. The Morgan fingerprint density at radius 1 is 1.29 bits per heavy atom. The van der Waals surface area contributed by atoms with Crippen LogP contribution in [0.1, 0.15) is 34.5 Å². The number of amides is 1. The minimum absolute atomic E-state index is 0.104. The number of carbonyl (C=O) groups excluding carboxylic acids is 1. The van der Waals surface area contributed by atoms with Crippen molar-refractivity contribution in [3.05, 3.63) is 59.4 Å². The highest BCUT2D eigenvalue weighted by molar-refractivity contribution is 6.04. The van der Waals surface area contributed by atoms with Crippen molar-refractivity contribution in [2.24, 2.45) is 0 Å². The molecule has 0 radical (unpaired) electrons. The Kier molecular flexibility index (Phi) is 3.97. The van der Waals surface area contributed by atoms with Gasteiger partial charge in [0.1, 0.15) is 0 Å². The lowest BCUT2D eigenvalue weighted by Gasteiger charge is -2.08. The van der Waals surface area contributed by atoms with Crippen LogP contribution in [0.2, 0.25) is 0 Å². The van der Waals surface area contributed by atoms with E-state index in [0.29, 0.717) is 11.6 Å². The number of nitrogens with zero attached hydrogens (tertiary/aromatic N) is 1. The molecule has 4 heteroatoms. The predicted octanol–water partition coefficient (Wildman–Crippen LogP) is 2.89. The van der Waals surface area contributed by atoms with E-state index in [-0.39, 0.29) is 5.91 Å². The fourth-order valence-electron chi connectivity index (χ4n) is 2.20.